The molecule has 0 spiro atoms. The van der Waals surface area contributed by atoms with Gasteiger partial charge in [-0.1, -0.05) is 17.7 Å². The van der Waals surface area contributed by atoms with Gasteiger partial charge in [0.1, 0.15) is 12.1 Å². The average molecular weight is 507 g/mol. The third-order valence-electron chi connectivity index (χ3n) is 5.48. The number of pyridine rings is 1. The van der Waals surface area contributed by atoms with Crippen LogP contribution < -0.4 is 10.2 Å². The number of hydrogen-bond donors (Lipinski definition) is 1. The Morgan fingerprint density at radius 3 is 2.42 bits per heavy atom. The van der Waals surface area contributed by atoms with Crippen LogP contribution in [0.4, 0.5) is 16.2 Å². The molecule has 0 saturated carbocycles. The predicted molar refractivity (Wildman–Crippen MR) is 139 cm³/mol. The summed E-state index contributed by atoms with van der Waals surface area (Å²) in [7, 11) is 0. The molecule has 1 aliphatic rings. The molecule has 36 heavy (non-hydrogen) atoms. The van der Waals surface area contributed by atoms with E-state index in [1.807, 2.05) is 18.2 Å². The Morgan fingerprint density at radius 1 is 1.03 bits per heavy atom. The third-order valence-corrected chi connectivity index (χ3v) is 5.81. The van der Waals surface area contributed by atoms with E-state index in [1.54, 1.807) is 74.3 Å². The summed E-state index contributed by atoms with van der Waals surface area (Å²) in [6.07, 6.45) is 1.18. The summed E-state index contributed by atoms with van der Waals surface area (Å²) < 4.78 is 5.36. The molecule has 0 bridgehead atoms. The van der Waals surface area contributed by atoms with E-state index in [9.17, 15) is 14.4 Å². The molecule has 3 aromatic rings. The van der Waals surface area contributed by atoms with Crippen molar-refractivity contribution in [2.75, 3.05) is 29.9 Å². The Hall–Kier alpha value is -3.91. The van der Waals surface area contributed by atoms with Crippen LogP contribution in [0.5, 0.6) is 0 Å². The second-order valence-corrected chi connectivity index (χ2v) is 9.77. The van der Waals surface area contributed by atoms with Gasteiger partial charge in [-0.05, 0) is 75.4 Å². The van der Waals surface area contributed by atoms with Gasteiger partial charge in [0.25, 0.3) is 5.91 Å². The quantitative estimate of drug-likeness (QED) is 0.522. The molecule has 1 aliphatic heterocycles. The number of nitrogens with zero attached hydrogens (tertiary/aromatic N) is 3. The largest absolute Gasteiger partial charge is 0.444 e. The van der Waals surface area contributed by atoms with Crippen molar-refractivity contribution in [1.29, 1.82) is 0 Å². The van der Waals surface area contributed by atoms with E-state index in [-0.39, 0.29) is 18.4 Å². The smallest absolute Gasteiger partial charge is 0.410 e. The number of anilines is 2. The van der Waals surface area contributed by atoms with Gasteiger partial charge in [0.15, 0.2) is 0 Å². The van der Waals surface area contributed by atoms with Gasteiger partial charge in [0.2, 0.25) is 5.91 Å². The number of aromatic nitrogens is 1. The summed E-state index contributed by atoms with van der Waals surface area (Å²) in [4.78, 5) is 45.1. The van der Waals surface area contributed by atoms with Crippen molar-refractivity contribution in [3.8, 4) is 11.3 Å². The van der Waals surface area contributed by atoms with Gasteiger partial charge in [-0.25, -0.2) is 4.79 Å². The number of carbonyl (C=O) groups is 3. The maximum Gasteiger partial charge on any atom is 0.410 e. The van der Waals surface area contributed by atoms with Crippen LogP contribution in [0.25, 0.3) is 11.3 Å². The zero-order valence-electron chi connectivity index (χ0n) is 20.3. The van der Waals surface area contributed by atoms with E-state index in [0.29, 0.717) is 40.7 Å². The van der Waals surface area contributed by atoms with Gasteiger partial charge in [0, 0.05) is 41.8 Å². The van der Waals surface area contributed by atoms with Crippen LogP contribution in [0.1, 0.15) is 31.1 Å². The van der Waals surface area contributed by atoms with E-state index >= 15 is 0 Å². The maximum absolute atomic E-state index is 12.8. The molecule has 0 radical (unpaired) electrons. The van der Waals surface area contributed by atoms with Crippen LogP contribution in [0.3, 0.4) is 0 Å². The van der Waals surface area contributed by atoms with Crippen LogP contribution in [0, 0.1) is 0 Å². The van der Waals surface area contributed by atoms with Gasteiger partial charge in [-0.15, -0.1) is 0 Å². The van der Waals surface area contributed by atoms with E-state index < -0.39 is 11.7 Å². The first kappa shape index (κ1) is 25.2. The van der Waals surface area contributed by atoms with Crippen LogP contribution >= 0.6 is 11.6 Å². The Balaban J connectivity index is 1.40. The molecule has 0 atom stereocenters. The summed E-state index contributed by atoms with van der Waals surface area (Å²) in [6.45, 7) is 5.99. The Labute approximate surface area is 214 Å². The lowest BCUT2D eigenvalue weighted by Crippen LogP contribution is -2.53. The SMILES string of the molecule is CC(C)(C)OC(=O)N1CCN(c2ccc(C(=O)Nc3ccc(Cl)c(-c4ccccn4)c3)cc2)C(=O)C1. The topological polar surface area (TPSA) is 91.8 Å². The Bertz CT molecular complexity index is 1270. The number of halogens is 1. The minimum absolute atomic E-state index is 0.0632. The van der Waals surface area contributed by atoms with Crippen molar-refractivity contribution in [3.05, 3.63) is 77.4 Å². The molecule has 4 rings (SSSR count). The molecule has 0 unspecified atom stereocenters. The number of carbonyl (C=O) groups excluding carboxylic acids is 3. The molecule has 8 nitrogen and oxygen atoms in total. The van der Waals surface area contributed by atoms with Crippen LogP contribution in [-0.2, 0) is 9.53 Å². The Morgan fingerprint density at radius 2 is 1.78 bits per heavy atom. The van der Waals surface area contributed by atoms with Crippen molar-refractivity contribution in [1.82, 2.24) is 9.88 Å². The van der Waals surface area contributed by atoms with Crippen molar-refractivity contribution < 1.29 is 19.1 Å². The first-order chi connectivity index (χ1) is 17.1. The molecule has 0 aliphatic carbocycles. The number of hydrogen-bond acceptors (Lipinski definition) is 5. The first-order valence-corrected chi connectivity index (χ1v) is 11.9. The number of amides is 3. The van der Waals surface area contributed by atoms with Crippen molar-refractivity contribution in [2.24, 2.45) is 0 Å². The van der Waals surface area contributed by atoms with Crippen LogP contribution in [0.2, 0.25) is 5.02 Å². The molecule has 2 aromatic carbocycles. The van der Waals surface area contributed by atoms with Crippen LogP contribution in [-0.4, -0.2) is 53.0 Å². The molecule has 3 amide bonds. The highest BCUT2D eigenvalue weighted by Crippen LogP contribution is 2.29. The fraction of sp³-hybridized carbons (Fsp3) is 0.259. The van der Waals surface area contributed by atoms with Crippen LogP contribution in [0.15, 0.2) is 66.9 Å². The number of nitrogens with one attached hydrogen (secondary N) is 1. The number of benzene rings is 2. The van der Waals surface area contributed by atoms with Gasteiger partial charge in [-0.3, -0.25) is 19.5 Å². The highest BCUT2D eigenvalue weighted by Gasteiger charge is 2.31. The molecule has 1 fully saturated rings. The summed E-state index contributed by atoms with van der Waals surface area (Å²) in [5, 5.41) is 3.41. The standard InChI is InChI=1S/C27H27ClN4O4/c1-27(2,3)36-26(35)31-14-15-32(24(33)17-31)20-10-7-18(8-11-20)25(34)30-19-9-12-22(28)21(16-19)23-6-4-5-13-29-23/h4-13,16H,14-15,17H2,1-3H3,(H,30,34). The zero-order valence-corrected chi connectivity index (χ0v) is 21.1. The fourth-order valence-corrected chi connectivity index (χ4v) is 3.96. The van der Waals surface area contributed by atoms with Gasteiger partial charge >= 0.3 is 6.09 Å². The minimum atomic E-state index is -0.625. The number of rotatable bonds is 4. The lowest BCUT2D eigenvalue weighted by atomic mass is 10.1. The molecule has 1 N–H and O–H groups in total. The molecular formula is C27H27ClN4O4. The molecule has 2 heterocycles. The summed E-state index contributed by atoms with van der Waals surface area (Å²) in [5.41, 5.74) is 2.48. The highest BCUT2D eigenvalue weighted by atomic mass is 35.5. The maximum atomic E-state index is 12.8. The van der Waals surface area contributed by atoms with E-state index in [0.717, 1.165) is 5.56 Å². The second kappa shape index (κ2) is 10.4. The van der Waals surface area contributed by atoms with Crippen molar-refractivity contribution in [2.45, 2.75) is 26.4 Å². The minimum Gasteiger partial charge on any atom is -0.444 e. The van der Waals surface area contributed by atoms with Crippen molar-refractivity contribution >= 4 is 40.9 Å². The molecule has 1 saturated heterocycles. The predicted octanol–water partition coefficient (Wildman–Crippen LogP) is 5.24. The normalized spacial score (nSPS) is 13.9. The van der Waals surface area contributed by atoms with Gasteiger partial charge in [-0.2, -0.15) is 0 Å². The number of piperazine rings is 1. The first-order valence-electron chi connectivity index (χ1n) is 11.5. The highest BCUT2D eigenvalue weighted by molar-refractivity contribution is 6.33. The second-order valence-electron chi connectivity index (χ2n) is 9.36. The van der Waals surface area contributed by atoms with Gasteiger partial charge < -0.3 is 15.0 Å². The van der Waals surface area contributed by atoms with Crippen molar-refractivity contribution in [3.63, 3.8) is 0 Å². The molecule has 1 aromatic heterocycles. The van der Waals surface area contributed by atoms with E-state index in [4.69, 9.17) is 16.3 Å². The Kier molecular flexibility index (Phi) is 7.26. The molecule has 9 heteroatoms. The zero-order chi connectivity index (χ0) is 25.9. The molecular weight excluding hydrogens is 480 g/mol. The summed E-state index contributed by atoms with van der Waals surface area (Å²) >= 11 is 6.33. The monoisotopic (exact) mass is 506 g/mol. The summed E-state index contributed by atoms with van der Waals surface area (Å²) in [6, 6.07) is 17.5. The third kappa shape index (κ3) is 6.01. The van der Waals surface area contributed by atoms with E-state index in [2.05, 4.69) is 10.3 Å². The fourth-order valence-electron chi connectivity index (χ4n) is 3.75. The number of ether oxygens (including phenoxy) is 1. The summed E-state index contributed by atoms with van der Waals surface area (Å²) in [5.74, 6) is -0.510. The molecule has 186 valence electrons. The average Bonchev–Trinajstić information content (AvgIpc) is 2.85. The van der Waals surface area contributed by atoms with Gasteiger partial charge in [0.05, 0.1) is 10.7 Å². The lowest BCUT2D eigenvalue weighted by molar-refractivity contribution is -0.121. The lowest BCUT2D eigenvalue weighted by Gasteiger charge is -2.35. The van der Waals surface area contributed by atoms with E-state index in [1.165, 1.54) is 4.90 Å².